The first-order chi connectivity index (χ1) is 8.26. The number of aromatic amines is 1. The van der Waals surface area contributed by atoms with Crippen LogP contribution in [0, 0.1) is 14.2 Å². The number of benzene rings is 1. The lowest BCUT2D eigenvalue weighted by atomic mass is 10.2. The first kappa shape index (κ1) is 10.7. The minimum absolute atomic E-state index is 0.646. The summed E-state index contributed by atoms with van der Waals surface area (Å²) in [5.74, 6) is 0.856. The standard InChI is InChI=1S/C12H6IN3S/c13-11-4-8(6-17-11)12-15-9-2-1-7(5-14)3-10(9)16-12/h1-4,6H,(H,15,16). The van der Waals surface area contributed by atoms with E-state index in [4.69, 9.17) is 5.26 Å². The molecular formula is C12H6IN3S. The van der Waals surface area contributed by atoms with Crippen LogP contribution >= 0.6 is 33.9 Å². The van der Waals surface area contributed by atoms with Crippen molar-refractivity contribution < 1.29 is 0 Å². The molecule has 0 aliphatic carbocycles. The Bertz CT molecular complexity index is 736. The number of H-pyrrole nitrogens is 1. The van der Waals surface area contributed by atoms with Gasteiger partial charge in [0.15, 0.2) is 0 Å². The molecule has 0 unspecified atom stereocenters. The molecule has 3 nitrogen and oxygen atoms in total. The predicted octanol–water partition coefficient (Wildman–Crippen LogP) is 3.77. The summed E-state index contributed by atoms with van der Waals surface area (Å²) in [5.41, 5.74) is 3.53. The van der Waals surface area contributed by atoms with E-state index in [1.54, 1.807) is 17.4 Å². The SMILES string of the molecule is N#Cc1ccc2nc(-c3csc(I)c3)[nH]c2c1. The maximum Gasteiger partial charge on any atom is 0.139 e. The predicted molar refractivity (Wildman–Crippen MR) is 76.8 cm³/mol. The molecule has 82 valence electrons. The number of imidazole rings is 1. The van der Waals surface area contributed by atoms with E-state index in [0.717, 1.165) is 22.4 Å². The maximum atomic E-state index is 8.84. The Hall–Kier alpha value is -1.39. The van der Waals surface area contributed by atoms with Crippen molar-refractivity contribution in [2.24, 2.45) is 0 Å². The molecule has 0 saturated heterocycles. The summed E-state index contributed by atoms with van der Waals surface area (Å²) in [6.07, 6.45) is 0. The van der Waals surface area contributed by atoms with Crippen molar-refractivity contribution in [1.82, 2.24) is 9.97 Å². The van der Waals surface area contributed by atoms with E-state index in [-0.39, 0.29) is 0 Å². The largest absolute Gasteiger partial charge is 0.338 e. The molecule has 3 aromatic rings. The lowest BCUT2D eigenvalue weighted by Crippen LogP contribution is -1.74. The smallest absolute Gasteiger partial charge is 0.139 e. The fourth-order valence-electron chi connectivity index (χ4n) is 1.65. The highest BCUT2D eigenvalue weighted by Crippen LogP contribution is 2.26. The Kier molecular flexibility index (Phi) is 2.61. The lowest BCUT2D eigenvalue weighted by molar-refractivity contribution is 1.34. The van der Waals surface area contributed by atoms with E-state index in [1.807, 2.05) is 12.1 Å². The van der Waals surface area contributed by atoms with Gasteiger partial charge in [0.05, 0.1) is 25.5 Å². The summed E-state index contributed by atoms with van der Waals surface area (Å²) >= 11 is 3.98. The highest BCUT2D eigenvalue weighted by atomic mass is 127. The second kappa shape index (κ2) is 4.13. The molecule has 17 heavy (non-hydrogen) atoms. The van der Waals surface area contributed by atoms with Crippen LogP contribution in [0.1, 0.15) is 5.56 Å². The average Bonchev–Trinajstić information content (AvgIpc) is 2.93. The van der Waals surface area contributed by atoms with Crippen LogP contribution < -0.4 is 0 Å². The van der Waals surface area contributed by atoms with Crippen LogP contribution in [-0.2, 0) is 0 Å². The van der Waals surface area contributed by atoms with Crippen LogP contribution in [0.2, 0.25) is 0 Å². The van der Waals surface area contributed by atoms with Crippen molar-refractivity contribution in [2.75, 3.05) is 0 Å². The van der Waals surface area contributed by atoms with E-state index in [0.29, 0.717) is 5.56 Å². The van der Waals surface area contributed by atoms with Crippen LogP contribution in [0.4, 0.5) is 0 Å². The first-order valence-electron chi connectivity index (χ1n) is 4.90. The van der Waals surface area contributed by atoms with E-state index in [1.165, 1.54) is 2.88 Å². The number of hydrogen-bond acceptors (Lipinski definition) is 3. The second-order valence-corrected chi connectivity index (χ2v) is 6.37. The third-order valence-electron chi connectivity index (χ3n) is 2.45. The minimum Gasteiger partial charge on any atom is -0.338 e. The van der Waals surface area contributed by atoms with E-state index < -0.39 is 0 Å². The Morgan fingerprint density at radius 1 is 1.35 bits per heavy atom. The Morgan fingerprint density at radius 3 is 2.94 bits per heavy atom. The maximum absolute atomic E-state index is 8.84. The molecule has 0 bridgehead atoms. The van der Waals surface area contributed by atoms with E-state index >= 15 is 0 Å². The van der Waals surface area contributed by atoms with Gasteiger partial charge in [0, 0.05) is 10.9 Å². The van der Waals surface area contributed by atoms with Crippen LogP contribution in [0.5, 0.6) is 0 Å². The molecule has 1 aromatic carbocycles. The Balaban J connectivity index is 2.17. The number of nitrogens with zero attached hydrogens (tertiary/aromatic N) is 2. The van der Waals surface area contributed by atoms with Crippen molar-refractivity contribution >= 4 is 45.0 Å². The molecule has 0 fully saturated rings. The molecule has 0 spiro atoms. The van der Waals surface area contributed by atoms with Gasteiger partial charge in [-0.1, -0.05) is 0 Å². The summed E-state index contributed by atoms with van der Waals surface area (Å²) in [6.45, 7) is 0. The number of rotatable bonds is 1. The number of nitriles is 1. The fraction of sp³-hybridized carbons (Fsp3) is 0. The quantitative estimate of drug-likeness (QED) is 0.679. The average molecular weight is 351 g/mol. The molecule has 0 aliphatic rings. The third kappa shape index (κ3) is 1.94. The molecular weight excluding hydrogens is 345 g/mol. The Labute approximate surface area is 115 Å². The number of halogens is 1. The zero-order chi connectivity index (χ0) is 11.8. The van der Waals surface area contributed by atoms with Gasteiger partial charge in [-0.3, -0.25) is 0 Å². The molecule has 0 radical (unpaired) electrons. The van der Waals surface area contributed by atoms with Crippen molar-refractivity contribution in [1.29, 1.82) is 5.26 Å². The molecule has 0 amide bonds. The van der Waals surface area contributed by atoms with E-state index in [9.17, 15) is 0 Å². The first-order valence-corrected chi connectivity index (χ1v) is 6.86. The topological polar surface area (TPSA) is 52.5 Å². The highest BCUT2D eigenvalue weighted by Gasteiger charge is 2.07. The number of aromatic nitrogens is 2. The van der Waals surface area contributed by atoms with Crippen molar-refractivity contribution in [2.45, 2.75) is 0 Å². The van der Waals surface area contributed by atoms with Crippen LogP contribution in [0.15, 0.2) is 29.6 Å². The molecule has 0 aliphatic heterocycles. The van der Waals surface area contributed by atoms with Gasteiger partial charge in [0.25, 0.3) is 0 Å². The summed E-state index contributed by atoms with van der Waals surface area (Å²) in [4.78, 5) is 7.75. The van der Waals surface area contributed by atoms with Crippen molar-refractivity contribution in [3.8, 4) is 17.5 Å². The summed E-state index contributed by atoms with van der Waals surface area (Å²) in [6, 6.07) is 9.69. The lowest BCUT2D eigenvalue weighted by Gasteiger charge is -1.87. The molecule has 1 N–H and O–H groups in total. The van der Waals surface area contributed by atoms with Gasteiger partial charge in [-0.25, -0.2) is 4.98 Å². The molecule has 0 saturated carbocycles. The number of hydrogen-bond donors (Lipinski definition) is 1. The van der Waals surface area contributed by atoms with Gasteiger partial charge in [0.1, 0.15) is 5.82 Å². The van der Waals surface area contributed by atoms with Crippen LogP contribution in [-0.4, -0.2) is 9.97 Å². The van der Waals surface area contributed by atoms with E-state index in [2.05, 4.69) is 50.1 Å². The summed E-state index contributed by atoms with van der Waals surface area (Å²) in [5, 5.41) is 10.9. The second-order valence-electron chi connectivity index (χ2n) is 3.57. The highest BCUT2D eigenvalue weighted by molar-refractivity contribution is 14.1. The molecule has 2 aromatic heterocycles. The van der Waals surface area contributed by atoms with Crippen LogP contribution in [0.25, 0.3) is 22.4 Å². The van der Waals surface area contributed by atoms with Crippen LogP contribution in [0.3, 0.4) is 0 Å². The molecule has 0 atom stereocenters. The number of thiophene rings is 1. The minimum atomic E-state index is 0.646. The van der Waals surface area contributed by atoms with Crippen molar-refractivity contribution in [3.63, 3.8) is 0 Å². The monoisotopic (exact) mass is 351 g/mol. The van der Waals surface area contributed by atoms with Crippen molar-refractivity contribution in [3.05, 3.63) is 38.1 Å². The number of nitrogens with one attached hydrogen (secondary N) is 1. The van der Waals surface area contributed by atoms with Gasteiger partial charge >= 0.3 is 0 Å². The van der Waals surface area contributed by atoms with Gasteiger partial charge in [-0.2, -0.15) is 5.26 Å². The summed E-state index contributed by atoms with van der Waals surface area (Å²) in [7, 11) is 0. The third-order valence-corrected chi connectivity index (χ3v) is 4.24. The fourth-order valence-corrected chi connectivity index (χ4v) is 2.98. The van der Waals surface area contributed by atoms with Gasteiger partial charge in [-0.15, -0.1) is 11.3 Å². The summed E-state index contributed by atoms with van der Waals surface area (Å²) < 4.78 is 1.23. The van der Waals surface area contributed by atoms with Gasteiger partial charge < -0.3 is 4.98 Å². The van der Waals surface area contributed by atoms with Gasteiger partial charge in [-0.05, 0) is 46.9 Å². The van der Waals surface area contributed by atoms with Gasteiger partial charge in [0.2, 0.25) is 0 Å². The zero-order valence-corrected chi connectivity index (χ0v) is 11.5. The normalized spacial score (nSPS) is 10.6. The molecule has 2 heterocycles. The number of fused-ring (bicyclic) bond motifs is 1. The zero-order valence-electron chi connectivity index (χ0n) is 8.57. The molecule has 5 heteroatoms. The Morgan fingerprint density at radius 2 is 2.24 bits per heavy atom. The molecule has 3 rings (SSSR count).